The first-order valence-corrected chi connectivity index (χ1v) is 19.1. The third-order valence-electron chi connectivity index (χ3n) is 10.4. The van der Waals surface area contributed by atoms with Crippen molar-refractivity contribution in [1.82, 2.24) is 9.55 Å². The van der Waals surface area contributed by atoms with Gasteiger partial charge in [0.15, 0.2) is 0 Å². The van der Waals surface area contributed by atoms with Crippen LogP contribution in [0.25, 0.3) is 38.8 Å². The van der Waals surface area contributed by atoms with Crippen molar-refractivity contribution in [2.75, 3.05) is 9.80 Å². The maximum Gasteiger partial charge on any atom is 0.135 e. The minimum Gasteiger partial charge on any atom is -0.509 e. The molecule has 288 valence electrons. The molecule has 0 N–H and O–H groups in total. The topological polar surface area (TPSA) is 33.5 Å². The smallest absolute Gasteiger partial charge is 0.135 e. The molecule has 0 fully saturated rings. The van der Waals surface area contributed by atoms with Crippen LogP contribution in [0, 0.1) is 24.2 Å². The van der Waals surface area contributed by atoms with E-state index in [2.05, 4.69) is 211 Å². The van der Waals surface area contributed by atoms with Crippen molar-refractivity contribution in [3.8, 4) is 28.4 Å². The summed E-state index contributed by atoms with van der Waals surface area (Å²) < 4.78 is 8.93. The summed E-state index contributed by atoms with van der Waals surface area (Å²) in [5.41, 5.74) is 9.72. The molecule has 6 heteroatoms. The number of ether oxygens (including phenoxy) is 1. The molecule has 0 atom stereocenters. The van der Waals surface area contributed by atoms with Crippen LogP contribution in [0.1, 0.15) is 73.4 Å². The van der Waals surface area contributed by atoms with Gasteiger partial charge in [0.05, 0.1) is 0 Å². The first-order valence-electron chi connectivity index (χ1n) is 19.1. The molecule has 0 spiro atoms. The summed E-state index contributed by atoms with van der Waals surface area (Å²) >= 11 is 0. The number of hydrogen-bond acceptors (Lipinski definition) is 4. The number of allylic oxidation sites excluding steroid dienone is 1. The second kappa shape index (κ2) is 14.8. The molecule has 2 aromatic heterocycles. The molecule has 5 aromatic carbocycles. The van der Waals surface area contributed by atoms with Crippen LogP contribution >= 0.6 is 0 Å². The molecule has 0 amide bonds. The van der Waals surface area contributed by atoms with Crippen LogP contribution in [0.5, 0.6) is 11.5 Å². The number of anilines is 2. The Morgan fingerprint density at radius 2 is 1.29 bits per heavy atom. The normalized spacial score (nSPS) is 13.6. The van der Waals surface area contributed by atoms with Gasteiger partial charge >= 0.3 is 0 Å². The molecule has 56 heavy (non-hydrogen) atoms. The minimum atomic E-state index is -0.130. The van der Waals surface area contributed by atoms with E-state index in [1.165, 1.54) is 22.4 Å². The Hall–Kier alpha value is -5.12. The van der Waals surface area contributed by atoms with E-state index in [0.717, 1.165) is 44.6 Å². The molecule has 1 aliphatic heterocycles. The van der Waals surface area contributed by atoms with Crippen LogP contribution in [-0.2, 0) is 31.9 Å². The molecular weight excluding hydrogens is 868 g/mol. The van der Waals surface area contributed by atoms with Gasteiger partial charge in [-0.1, -0.05) is 128 Å². The number of hydrogen-bond donors (Lipinski definition) is 0. The number of pyridine rings is 1. The van der Waals surface area contributed by atoms with Gasteiger partial charge in [-0.3, -0.25) is 0 Å². The van der Waals surface area contributed by atoms with Crippen LogP contribution in [0.4, 0.5) is 11.4 Å². The largest absolute Gasteiger partial charge is 0.509 e. The van der Waals surface area contributed by atoms with Crippen LogP contribution in [-0.4, -0.2) is 9.55 Å². The van der Waals surface area contributed by atoms with Crippen LogP contribution in [0.3, 0.4) is 0 Å². The molecule has 0 saturated heterocycles. The van der Waals surface area contributed by atoms with E-state index in [-0.39, 0.29) is 37.3 Å². The Labute approximate surface area is 346 Å². The molecule has 0 radical (unpaired) electrons. The Bertz CT molecular complexity index is 2550. The summed E-state index contributed by atoms with van der Waals surface area (Å²) in [7, 11) is 0. The molecule has 0 bridgehead atoms. The van der Waals surface area contributed by atoms with Gasteiger partial charge in [0, 0.05) is 61.1 Å². The van der Waals surface area contributed by atoms with Gasteiger partial charge in [0.1, 0.15) is 5.82 Å². The molecule has 0 saturated carbocycles. The van der Waals surface area contributed by atoms with E-state index in [9.17, 15) is 0 Å². The Morgan fingerprint density at radius 1 is 0.607 bits per heavy atom. The second-order valence-electron chi connectivity index (χ2n) is 17.6. The average Bonchev–Trinajstić information content (AvgIpc) is 3.75. The van der Waals surface area contributed by atoms with Crippen molar-refractivity contribution < 1.29 is 25.8 Å². The number of fused-ring (bicyclic) bond motifs is 3. The maximum absolute atomic E-state index is 6.73. The van der Waals surface area contributed by atoms with Crippen LogP contribution in [0.15, 0.2) is 133 Å². The van der Waals surface area contributed by atoms with Crippen molar-refractivity contribution >= 4 is 33.2 Å². The minimum absolute atomic E-state index is 0. The predicted molar refractivity (Wildman–Crippen MR) is 229 cm³/mol. The summed E-state index contributed by atoms with van der Waals surface area (Å²) in [6.07, 6.45) is 4.13. The SMILES string of the molecule is CC(C)(C)C1=CN(c2[c-]c(Oc3[c-]c4c(cc3)c3ccccc3n4-c3cc(C(C)(C)C)ccn3)cc(C(C)(C)C)c2)[CH-]N1c1ccc(-c2ccccc2)cc1.[Pt]. The van der Waals surface area contributed by atoms with Gasteiger partial charge in [0.2, 0.25) is 0 Å². The van der Waals surface area contributed by atoms with Crippen molar-refractivity contribution in [3.63, 3.8) is 0 Å². The molecule has 7 aromatic rings. The fraction of sp³-hybridized carbons (Fsp3) is 0.240. The fourth-order valence-electron chi connectivity index (χ4n) is 7.20. The molecule has 3 heterocycles. The molecule has 5 nitrogen and oxygen atoms in total. The summed E-state index contributed by atoms with van der Waals surface area (Å²) in [5, 5.41) is 2.25. The predicted octanol–water partition coefficient (Wildman–Crippen LogP) is 13.2. The summed E-state index contributed by atoms with van der Waals surface area (Å²) in [6, 6.07) is 47.8. The molecule has 0 unspecified atom stereocenters. The fourth-order valence-corrected chi connectivity index (χ4v) is 7.20. The molecule has 1 aliphatic rings. The monoisotopic (exact) mass is 916 g/mol. The molecule has 0 aliphatic carbocycles. The summed E-state index contributed by atoms with van der Waals surface area (Å²) in [4.78, 5) is 9.31. The van der Waals surface area contributed by atoms with E-state index in [0.29, 0.717) is 11.5 Å². The van der Waals surface area contributed by atoms with Gasteiger partial charge in [-0.15, -0.1) is 53.6 Å². The number of nitrogens with zero attached hydrogens (tertiary/aromatic N) is 4. The first-order chi connectivity index (χ1) is 26.1. The van der Waals surface area contributed by atoms with Crippen molar-refractivity contribution in [2.24, 2.45) is 5.41 Å². The standard InChI is InChI=1S/C50H49N4O.Pt/c1-48(2,3)36-25-26-51-47(29-36)54-44-18-14-13-17-42(44)43-24-23-40(31-45(43)54)55-41-28-37(49(4,5)6)27-39(30-41)52-32-46(50(7,8)9)53(33-52)38-21-19-35(20-22-38)34-15-11-10-12-16-34;/h10-29,32-33H,1-9H3;/q-3;. The van der Waals surface area contributed by atoms with E-state index in [1.807, 2.05) is 12.3 Å². The summed E-state index contributed by atoms with van der Waals surface area (Å²) in [5.74, 6) is 2.12. The Kier molecular flexibility index (Phi) is 10.3. The zero-order chi connectivity index (χ0) is 38.7. The zero-order valence-corrected chi connectivity index (χ0v) is 36.0. The van der Waals surface area contributed by atoms with Crippen molar-refractivity contribution in [2.45, 2.75) is 73.1 Å². The Balaban J connectivity index is 0.00000480. The first kappa shape index (κ1) is 39.1. The third-order valence-corrected chi connectivity index (χ3v) is 10.4. The summed E-state index contributed by atoms with van der Waals surface area (Å²) in [6.45, 7) is 22.3. The van der Waals surface area contributed by atoms with Crippen molar-refractivity contribution in [3.05, 3.63) is 163 Å². The van der Waals surface area contributed by atoms with Gasteiger partial charge in [-0.2, -0.15) is 6.07 Å². The van der Waals surface area contributed by atoms with E-state index < -0.39 is 0 Å². The van der Waals surface area contributed by atoms with Gasteiger partial charge in [0.25, 0.3) is 0 Å². The zero-order valence-electron chi connectivity index (χ0n) is 33.7. The molecular formula is C50H49N4OPt-3. The van der Waals surface area contributed by atoms with E-state index in [4.69, 9.17) is 9.72 Å². The van der Waals surface area contributed by atoms with Gasteiger partial charge < -0.3 is 19.1 Å². The third kappa shape index (κ3) is 7.67. The quantitative estimate of drug-likeness (QED) is 0.156. The number of para-hydroxylation sites is 1. The molecule has 8 rings (SSSR count). The van der Waals surface area contributed by atoms with Crippen LogP contribution in [0.2, 0.25) is 0 Å². The van der Waals surface area contributed by atoms with E-state index in [1.54, 1.807) is 0 Å². The average molecular weight is 917 g/mol. The van der Waals surface area contributed by atoms with Crippen LogP contribution < -0.4 is 14.5 Å². The van der Waals surface area contributed by atoms with Crippen molar-refractivity contribution in [1.29, 1.82) is 0 Å². The number of benzene rings is 5. The second-order valence-corrected chi connectivity index (χ2v) is 17.6. The number of aromatic nitrogens is 2. The van der Waals surface area contributed by atoms with Gasteiger partial charge in [-0.25, -0.2) is 4.98 Å². The van der Waals surface area contributed by atoms with Gasteiger partial charge in [-0.05, 0) is 69.4 Å². The number of rotatable bonds is 6. The Morgan fingerprint density at radius 3 is 1.98 bits per heavy atom. The van der Waals surface area contributed by atoms with E-state index >= 15 is 0 Å². The maximum atomic E-state index is 6.73.